The minimum atomic E-state index is 0.723. The Hall–Kier alpha value is -3.02. The van der Waals surface area contributed by atoms with E-state index in [0.717, 1.165) is 46.0 Å². The van der Waals surface area contributed by atoms with Gasteiger partial charge in [-0.15, -0.1) is 0 Å². The van der Waals surface area contributed by atoms with E-state index in [1.165, 1.54) is 43.4 Å². The monoisotopic (exact) mass is 386 g/mol. The second kappa shape index (κ2) is 7.43. The van der Waals surface area contributed by atoms with Gasteiger partial charge in [-0.1, -0.05) is 19.3 Å². The van der Waals surface area contributed by atoms with Gasteiger partial charge in [-0.05, 0) is 44.7 Å². The van der Waals surface area contributed by atoms with Crippen molar-refractivity contribution >= 4 is 11.2 Å². The summed E-state index contributed by atoms with van der Waals surface area (Å²) < 4.78 is 2.22. The summed E-state index contributed by atoms with van der Waals surface area (Å²) in [5, 5.41) is 4.89. The maximum absolute atomic E-state index is 4.89. The summed E-state index contributed by atoms with van der Waals surface area (Å²) in [6.45, 7) is 5.31. The molecule has 1 saturated carbocycles. The number of imidazole rings is 1. The molecule has 0 spiro atoms. The molecule has 1 aliphatic rings. The van der Waals surface area contributed by atoms with Gasteiger partial charge in [0.15, 0.2) is 5.65 Å². The first-order valence-corrected chi connectivity index (χ1v) is 10.5. The highest BCUT2D eigenvalue weighted by atomic mass is 15.3. The lowest BCUT2D eigenvalue weighted by molar-refractivity contribution is 0.305. The van der Waals surface area contributed by atoms with Crippen LogP contribution in [0.2, 0.25) is 0 Å². The number of rotatable bonds is 4. The molecule has 0 bridgehead atoms. The minimum absolute atomic E-state index is 0.723. The Labute approximate surface area is 170 Å². The summed E-state index contributed by atoms with van der Waals surface area (Å²) in [7, 11) is 0. The van der Waals surface area contributed by atoms with E-state index in [9.17, 15) is 0 Å². The first-order chi connectivity index (χ1) is 14.2. The SMILES string of the molecule is Cc1nn(CC2CCCCC2)c(C)c1-c1cncc(-c2ccnc3nc[nH]c23)c1. The third-order valence-electron chi connectivity index (χ3n) is 6.20. The fraction of sp³-hybridized carbons (Fsp3) is 0.391. The van der Waals surface area contributed by atoms with Crippen LogP contribution in [0.1, 0.15) is 43.5 Å². The average Bonchev–Trinajstić information content (AvgIpc) is 3.33. The van der Waals surface area contributed by atoms with Crippen LogP contribution in [0, 0.1) is 19.8 Å². The first-order valence-electron chi connectivity index (χ1n) is 10.5. The van der Waals surface area contributed by atoms with E-state index in [2.05, 4.69) is 44.5 Å². The number of aryl methyl sites for hydroxylation is 1. The quantitative estimate of drug-likeness (QED) is 0.531. The van der Waals surface area contributed by atoms with E-state index in [1.54, 1.807) is 12.5 Å². The smallest absolute Gasteiger partial charge is 0.178 e. The number of nitrogens with zero attached hydrogens (tertiary/aromatic N) is 5. The molecule has 1 aliphatic carbocycles. The second-order valence-corrected chi connectivity index (χ2v) is 8.15. The maximum atomic E-state index is 4.89. The summed E-state index contributed by atoms with van der Waals surface area (Å²) >= 11 is 0. The third-order valence-corrected chi connectivity index (χ3v) is 6.20. The molecule has 29 heavy (non-hydrogen) atoms. The molecule has 0 atom stereocenters. The van der Waals surface area contributed by atoms with Gasteiger partial charge in [0.2, 0.25) is 0 Å². The molecule has 148 valence electrons. The number of hydrogen-bond donors (Lipinski definition) is 1. The largest absolute Gasteiger partial charge is 0.343 e. The van der Waals surface area contributed by atoms with E-state index >= 15 is 0 Å². The van der Waals surface area contributed by atoms with Gasteiger partial charge in [-0.25, -0.2) is 9.97 Å². The normalized spacial score (nSPS) is 15.2. The summed E-state index contributed by atoms with van der Waals surface area (Å²) in [5.74, 6) is 0.754. The molecule has 0 aromatic carbocycles. The molecule has 4 heterocycles. The predicted octanol–water partition coefficient (Wildman–Crippen LogP) is 5.08. The van der Waals surface area contributed by atoms with Crippen LogP contribution in [0.5, 0.6) is 0 Å². The molecule has 4 aromatic rings. The number of H-pyrrole nitrogens is 1. The van der Waals surface area contributed by atoms with E-state index in [-0.39, 0.29) is 0 Å². The molecule has 0 unspecified atom stereocenters. The third kappa shape index (κ3) is 3.33. The van der Waals surface area contributed by atoms with Crippen molar-refractivity contribution in [2.45, 2.75) is 52.5 Å². The van der Waals surface area contributed by atoms with E-state index in [0.29, 0.717) is 0 Å². The van der Waals surface area contributed by atoms with Gasteiger partial charge in [0.05, 0.1) is 17.5 Å². The zero-order valence-corrected chi connectivity index (χ0v) is 17.0. The van der Waals surface area contributed by atoms with Gasteiger partial charge in [-0.3, -0.25) is 9.67 Å². The lowest BCUT2D eigenvalue weighted by Crippen LogP contribution is -2.16. The van der Waals surface area contributed by atoms with E-state index in [4.69, 9.17) is 5.10 Å². The fourth-order valence-corrected chi connectivity index (χ4v) is 4.72. The number of pyridine rings is 2. The second-order valence-electron chi connectivity index (χ2n) is 8.15. The Morgan fingerprint density at radius 2 is 1.90 bits per heavy atom. The predicted molar refractivity (Wildman–Crippen MR) is 114 cm³/mol. The Kier molecular flexibility index (Phi) is 4.62. The molecule has 0 aliphatic heterocycles. The van der Waals surface area contributed by atoms with Crippen LogP contribution in [-0.2, 0) is 6.54 Å². The first kappa shape index (κ1) is 18.0. The highest BCUT2D eigenvalue weighted by molar-refractivity contribution is 5.90. The zero-order valence-electron chi connectivity index (χ0n) is 17.0. The van der Waals surface area contributed by atoms with Crippen LogP contribution < -0.4 is 0 Å². The molecule has 4 aromatic heterocycles. The number of hydrogen-bond acceptors (Lipinski definition) is 4. The van der Waals surface area contributed by atoms with Gasteiger partial charge in [0, 0.05) is 53.1 Å². The topological polar surface area (TPSA) is 72.3 Å². The van der Waals surface area contributed by atoms with Crippen LogP contribution in [-0.4, -0.2) is 29.7 Å². The number of aromatic amines is 1. The van der Waals surface area contributed by atoms with Gasteiger partial charge in [-0.2, -0.15) is 5.10 Å². The molecule has 0 saturated heterocycles. The van der Waals surface area contributed by atoms with Crippen LogP contribution in [0.25, 0.3) is 33.4 Å². The summed E-state index contributed by atoms with van der Waals surface area (Å²) in [5.41, 5.74) is 8.38. The van der Waals surface area contributed by atoms with Gasteiger partial charge in [0.25, 0.3) is 0 Å². The van der Waals surface area contributed by atoms with Crippen LogP contribution in [0.4, 0.5) is 0 Å². The van der Waals surface area contributed by atoms with Crippen molar-refractivity contribution in [1.29, 1.82) is 0 Å². The number of aromatic nitrogens is 6. The molecule has 1 fully saturated rings. The lowest BCUT2D eigenvalue weighted by Gasteiger charge is -2.22. The lowest BCUT2D eigenvalue weighted by atomic mass is 9.89. The molecule has 6 nitrogen and oxygen atoms in total. The van der Waals surface area contributed by atoms with Gasteiger partial charge < -0.3 is 4.98 Å². The van der Waals surface area contributed by atoms with E-state index < -0.39 is 0 Å². The van der Waals surface area contributed by atoms with Crippen molar-refractivity contribution in [2.24, 2.45) is 5.92 Å². The zero-order chi connectivity index (χ0) is 19.8. The fourth-order valence-electron chi connectivity index (χ4n) is 4.72. The summed E-state index contributed by atoms with van der Waals surface area (Å²) in [4.78, 5) is 16.3. The van der Waals surface area contributed by atoms with Gasteiger partial charge >= 0.3 is 0 Å². The Bertz CT molecular complexity index is 1150. The van der Waals surface area contributed by atoms with Crippen molar-refractivity contribution in [3.05, 3.63) is 48.4 Å². The maximum Gasteiger partial charge on any atom is 0.178 e. The molecular formula is C23H26N6. The molecule has 5 rings (SSSR count). The Balaban J connectivity index is 1.52. The highest BCUT2D eigenvalue weighted by Crippen LogP contribution is 2.33. The molecule has 0 amide bonds. The molecular weight excluding hydrogens is 360 g/mol. The summed E-state index contributed by atoms with van der Waals surface area (Å²) in [6, 6.07) is 4.21. The molecule has 6 heteroatoms. The minimum Gasteiger partial charge on any atom is -0.343 e. The van der Waals surface area contributed by atoms with E-state index in [1.807, 2.05) is 18.5 Å². The number of nitrogens with one attached hydrogen (secondary N) is 1. The highest BCUT2D eigenvalue weighted by Gasteiger charge is 2.19. The molecule has 1 N–H and O–H groups in total. The van der Waals surface area contributed by atoms with Crippen LogP contribution in [0.3, 0.4) is 0 Å². The number of fused-ring (bicyclic) bond motifs is 1. The van der Waals surface area contributed by atoms with Crippen LogP contribution in [0.15, 0.2) is 37.1 Å². The van der Waals surface area contributed by atoms with Gasteiger partial charge in [0.1, 0.15) is 0 Å². The summed E-state index contributed by atoms with van der Waals surface area (Å²) in [6.07, 6.45) is 14.1. The average molecular weight is 387 g/mol. The Morgan fingerprint density at radius 1 is 1.07 bits per heavy atom. The standard InChI is InChI=1S/C23H26N6/c1-15-21(16(2)29(28-15)13-17-6-4-3-5-7-17)19-10-18(11-24-12-19)20-8-9-25-23-22(20)26-14-27-23/h8-12,14,17H,3-7,13H2,1-2H3,(H,25,26,27). The molecule has 0 radical (unpaired) electrons. The van der Waals surface area contributed by atoms with Crippen molar-refractivity contribution in [1.82, 2.24) is 29.7 Å². The van der Waals surface area contributed by atoms with Crippen molar-refractivity contribution in [2.75, 3.05) is 0 Å². The van der Waals surface area contributed by atoms with Crippen molar-refractivity contribution in [3.8, 4) is 22.3 Å². The van der Waals surface area contributed by atoms with Crippen molar-refractivity contribution < 1.29 is 0 Å². The van der Waals surface area contributed by atoms with Crippen LogP contribution >= 0.6 is 0 Å². The Morgan fingerprint density at radius 3 is 2.76 bits per heavy atom. The van der Waals surface area contributed by atoms with Crippen molar-refractivity contribution in [3.63, 3.8) is 0 Å².